The SMILES string of the molecule is COc1ccc([C@@H]2[C@@H]3CN(c4nc(N(C)C)ns4)C[C@@H]3CN2C)cc1.Cl.Cl. The van der Waals surface area contributed by atoms with Gasteiger partial charge in [0, 0.05) is 57.2 Å². The number of hydrogen-bond donors (Lipinski definition) is 0. The monoisotopic (exact) mass is 431 g/mol. The van der Waals surface area contributed by atoms with Crippen LogP contribution in [0.5, 0.6) is 5.75 Å². The lowest BCUT2D eigenvalue weighted by Crippen LogP contribution is -2.29. The fourth-order valence-electron chi connectivity index (χ4n) is 4.23. The Kier molecular flexibility index (Phi) is 7.19. The molecule has 0 aliphatic carbocycles. The molecule has 6 nitrogen and oxygen atoms in total. The van der Waals surface area contributed by atoms with Gasteiger partial charge in [-0.1, -0.05) is 12.1 Å². The summed E-state index contributed by atoms with van der Waals surface area (Å²) in [4.78, 5) is 11.6. The van der Waals surface area contributed by atoms with E-state index in [1.165, 1.54) is 17.1 Å². The average Bonchev–Trinajstić information content (AvgIpc) is 3.28. The van der Waals surface area contributed by atoms with Gasteiger partial charge >= 0.3 is 0 Å². The lowest BCUT2D eigenvalue weighted by Gasteiger charge is -2.26. The molecule has 2 aliphatic rings. The third-order valence-electron chi connectivity index (χ3n) is 5.43. The van der Waals surface area contributed by atoms with Crippen molar-refractivity contribution in [2.45, 2.75) is 6.04 Å². The summed E-state index contributed by atoms with van der Waals surface area (Å²) < 4.78 is 9.76. The normalized spacial score (nSPS) is 24.1. The third-order valence-corrected chi connectivity index (χ3v) is 6.19. The molecule has 0 N–H and O–H groups in total. The van der Waals surface area contributed by atoms with Gasteiger partial charge in [-0.15, -0.1) is 24.8 Å². The second-order valence-corrected chi connectivity index (χ2v) is 7.99. The molecule has 0 radical (unpaired) electrons. The molecule has 27 heavy (non-hydrogen) atoms. The molecular weight excluding hydrogens is 405 g/mol. The van der Waals surface area contributed by atoms with E-state index in [4.69, 9.17) is 4.74 Å². The largest absolute Gasteiger partial charge is 0.497 e. The summed E-state index contributed by atoms with van der Waals surface area (Å²) in [6.07, 6.45) is 0. The van der Waals surface area contributed by atoms with Crippen molar-refractivity contribution in [1.82, 2.24) is 14.3 Å². The number of ether oxygens (including phenoxy) is 1. The lowest BCUT2D eigenvalue weighted by molar-refractivity contribution is 0.279. The van der Waals surface area contributed by atoms with E-state index < -0.39 is 0 Å². The van der Waals surface area contributed by atoms with E-state index in [1.807, 2.05) is 19.0 Å². The molecule has 150 valence electrons. The van der Waals surface area contributed by atoms with E-state index in [-0.39, 0.29) is 24.8 Å². The van der Waals surface area contributed by atoms with Gasteiger partial charge in [-0.25, -0.2) is 0 Å². The Morgan fingerprint density at radius 3 is 2.41 bits per heavy atom. The van der Waals surface area contributed by atoms with E-state index in [0.29, 0.717) is 17.9 Å². The van der Waals surface area contributed by atoms with Crippen LogP contribution in [0, 0.1) is 11.8 Å². The van der Waals surface area contributed by atoms with Crippen LogP contribution in [0.3, 0.4) is 0 Å². The van der Waals surface area contributed by atoms with Gasteiger partial charge in [-0.2, -0.15) is 9.36 Å². The number of benzene rings is 1. The molecular formula is C18H27Cl2N5OS. The first kappa shape index (κ1) is 22.0. The van der Waals surface area contributed by atoms with Crippen molar-refractivity contribution in [2.75, 3.05) is 57.7 Å². The van der Waals surface area contributed by atoms with E-state index >= 15 is 0 Å². The highest BCUT2D eigenvalue weighted by Gasteiger charge is 2.46. The number of hydrogen-bond acceptors (Lipinski definition) is 7. The molecule has 9 heteroatoms. The molecule has 2 fully saturated rings. The van der Waals surface area contributed by atoms with E-state index in [1.54, 1.807) is 7.11 Å². The standard InChI is InChI=1S/C18H25N5OS.2ClH/c1-21(2)17-19-18(25-20-17)23-10-13-9-22(3)16(15(13)11-23)12-5-7-14(24-4)8-6-12;;/h5-8,13,15-16H,9-11H2,1-4H3;2*1H/t13-,15+,16+;;/m0../s1. The molecule has 0 bridgehead atoms. The Balaban J connectivity index is 0.00000131. The van der Waals surface area contributed by atoms with Gasteiger partial charge in [0.15, 0.2) is 0 Å². The van der Waals surface area contributed by atoms with Crippen molar-refractivity contribution >= 4 is 47.4 Å². The number of likely N-dealkylation sites (tertiary alicyclic amines) is 1. The molecule has 2 aliphatic heterocycles. The van der Waals surface area contributed by atoms with Crippen molar-refractivity contribution in [3.8, 4) is 5.75 Å². The van der Waals surface area contributed by atoms with E-state index in [9.17, 15) is 0 Å². The second kappa shape index (κ2) is 8.82. The molecule has 2 aromatic rings. The molecule has 0 saturated carbocycles. The van der Waals surface area contributed by atoms with Crippen molar-refractivity contribution in [3.05, 3.63) is 29.8 Å². The molecule has 0 spiro atoms. The second-order valence-electron chi connectivity index (χ2n) is 7.26. The number of aromatic nitrogens is 2. The number of fused-ring (bicyclic) bond motifs is 1. The molecule has 2 saturated heterocycles. The van der Waals surface area contributed by atoms with Gasteiger partial charge in [-0.3, -0.25) is 4.90 Å². The van der Waals surface area contributed by atoms with Gasteiger partial charge in [0.25, 0.3) is 0 Å². The summed E-state index contributed by atoms with van der Waals surface area (Å²) in [6.45, 7) is 3.26. The minimum Gasteiger partial charge on any atom is -0.497 e. The highest BCUT2D eigenvalue weighted by molar-refractivity contribution is 7.09. The Hall–Kier alpha value is -1.28. The van der Waals surface area contributed by atoms with Gasteiger partial charge in [0.05, 0.1) is 7.11 Å². The number of nitrogens with zero attached hydrogens (tertiary/aromatic N) is 5. The minimum atomic E-state index is 0. The zero-order valence-electron chi connectivity index (χ0n) is 16.0. The number of anilines is 2. The number of methoxy groups -OCH3 is 1. The predicted molar refractivity (Wildman–Crippen MR) is 116 cm³/mol. The number of rotatable bonds is 4. The molecule has 0 unspecified atom stereocenters. The lowest BCUT2D eigenvalue weighted by atomic mass is 9.89. The van der Waals surface area contributed by atoms with Crippen LogP contribution in [0.1, 0.15) is 11.6 Å². The maximum Gasteiger partial charge on any atom is 0.238 e. The summed E-state index contributed by atoms with van der Waals surface area (Å²) in [5.74, 6) is 3.04. The van der Waals surface area contributed by atoms with Crippen LogP contribution < -0.4 is 14.5 Å². The molecule has 1 aromatic heterocycles. The Labute approximate surface area is 177 Å². The van der Waals surface area contributed by atoms with E-state index in [0.717, 1.165) is 36.5 Å². The molecule has 4 rings (SSSR count). The minimum absolute atomic E-state index is 0. The Morgan fingerprint density at radius 2 is 1.81 bits per heavy atom. The first-order valence-electron chi connectivity index (χ1n) is 8.67. The first-order valence-corrected chi connectivity index (χ1v) is 9.44. The zero-order chi connectivity index (χ0) is 17.6. The fourth-order valence-corrected chi connectivity index (χ4v) is 4.99. The molecule has 0 amide bonds. The van der Waals surface area contributed by atoms with Crippen molar-refractivity contribution in [2.24, 2.45) is 11.8 Å². The third kappa shape index (κ3) is 4.11. The zero-order valence-corrected chi connectivity index (χ0v) is 18.5. The van der Waals surface area contributed by atoms with E-state index in [2.05, 4.69) is 50.5 Å². The quantitative estimate of drug-likeness (QED) is 0.740. The topological polar surface area (TPSA) is 44.7 Å². The van der Waals surface area contributed by atoms with Crippen molar-refractivity contribution in [1.29, 1.82) is 0 Å². The first-order chi connectivity index (χ1) is 12.1. The van der Waals surface area contributed by atoms with Gasteiger partial charge < -0.3 is 14.5 Å². The van der Waals surface area contributed by atoms with Crippen LogP contribution in [-0.2, 0) is 0 Å². The van der Waals surface area contributed by atoms with Crippen LogP contribution in [0.4, 0.5) is 11.1 Å². The molecule has 3 atom stereocenters. The Morgan fingerprint density at radius 1 is 1.11 bits per heavy atom. The van der Waals surface area contributed by atoms with Crippen LogP contribution >= 0.6 is 36.3 Å². The smallest absolute Gasteiger partial charge is 0.238 e. The summed E-state index contributed by atoms with van der Waals surface area (Å²) in [5, 5.41) is 1.05. The summed E-state index contributed by atoms with van der Waals surface area (Å²) in [6, 6.07) is 9.01. The van der Waals surface area contributed by atoms with Crippen LogP contribution in [0.2, 0.25) is 0 Å². The van der Waals surface area contributed by atoms with Gasteiger partial charge in [0.2, 0.25) is 11.1 Å². The fraction of sp³-hybridized carbons (Fsp3) is 0.556. The summed E-state index contributed by atoms with van der Waals surface area (Å²) in [7, 11) is 7.93. The average molecular weight is 432 g/mol. The van der Waals surface area contributed by atoms with Crippen LogP contribution in [-0.4, -0.2) is 62.1 Å². The van der Waals surface area contributed by atoms with Crippen LogP contribution in [0.15, 0.2) is 24.3 Å². The van der Waals surface area contributed by atoms with Gasteiger partial charge in [-0.05, 0) is 30.7 Å². The predicted octanol–water partition coefficient (Wildman–Crippen LogP) is 3.20. The van der Waals surface area contributed by atoms with Crippen LogP contribution in [0.25, 0.3) is 0 Å². The Bertz CT molecular complexity index is 742. The summed E-state index contributed by atoms with van der Waals surface area (Å²) in [5.41, 5.74) is 1.38. The molecule has 3 heterocycles. The maximum absolute atomic E-state index is 5.30. The van der Waals surface area contributed by atoms with Crippen molar-refractivity contribution < 1.29 is 4.74 Å². The van der Waals surface area contributed by atoms with Gasteiger partial charge in [0.1, 0.15) is 5.75 Å². The number of halogens is 2. The summed E-state index contributed by atoms with van der Waals surface area (Å²) >= 11 is 1.51. The highest BCUT2D eigenvalue weighted by Crippen LogP contribution is 2.45. The highest BCUT2D eigenvalue weighted by atomic mass is 35.5. The maximum atomic E-state index is 5.30. The van der Waals surface area contributed by atoms with Crippen molar-refractivity contribution in [3.63, 3.8) is 0 Å². The molecule has 1 aromatic carbocycles.